The summed E-state index contributed by atoms with van der Waals surface area (Å²) < 4.78 is 1.94. The van der Waals surface area contributed by atoms with Gasteiger partial charge in [0.2, 0.25) is 0 Å². The lowest BCUT2D eigenvalue weighted by molar-refractivity contribution is 0.469. The van der Waals surface area contributed by atoms with Gasteiger partial charge in [-0.2, -0.15) is 5.10 Å². The fourth-order valence-electron chi connectivity index (χ4n) is 1.43. The van der Waals surface area contributed by atoms with Gasteiger partial charge in [0.15, 0.2) is 0 Å². The SMILES string of the molecule is C=CCC(C)NCc1ncnn1C(C)C. The summed E-state index contributed by atoms with van der Waals surface area (Å²) in [6.07, 6.45) is 4.50. The molecule has 1 atom stereocenters. The monoisotopic (exact) mass is 208 g/mol. The quantitative estimate of drug-likeness (QED) is 0.726. The number of hydrogen-bond donors (Lipinski definition) is 1. The van der Waals surface area contributed by atoms with Crippen LogP contribution >= 0.6 is 0 Å². The third-order valence-corrected chi connectivity index (χ3v) is 2.27. The maximum atomic E-state index is 4.23. The zero-order valence-electron chi connectivity index (χ0n) is 9.77. The minimum absolute atomic E-state index is 0.360. The number of nitrogens with one attached hydrogen (secondary N) is 1. The molecule has 1 heterocycles. The first-order valence-corrected chi connectivity index (χ1v) is 5.37. The highest BCUT2D eigenvalue weighted by atomic mass is 15.4. The van der Waals surface area contributed by atoms with E-state index < -0.39 is 0 Å². The van der Waals surface area contributed by atoms with E-state index in [0.29, 0.717) is 12.1 Å². The second kappa shape index (κ2) is 5.66. The molecule has 0 radical (unpaired) electrons. The molecule has 1 rings (SSSR count). The standard InChI is InChI=1S/C11H20N4/c1-5-6-10(4)12-7-11-13-8-14-15(11)9(2)3/h5,8-10,12H,1,6-7H2,2-4H3. The predicted molar refractivity (Wildman–Crippen MR) is 61.5 cm³/mol. The highest BCUT2D eigenvalue weighted by Gasteiger charge is 2.07. The van der Waals surface area contributed by atoms with E-state index in [1.807, 2.05) is 10.8 Å². The summed E-state index contributed by atoms with van der Waals surface area (Å²) in [5.41, 5.74) is 0. The third-order valence-electron chi connectivity index (χ3n) is 2.27. The number of aromatic nitrogens is 3. The Labute approximate surface area is 91.4 Å². The van der Waals surface area contributed by atoms with Gasteiger partial charge in [-0.25, -0.2) is 9.67 Å². The molecule has 0 aromatic carbocycles. The summed E-state index contributed by atoms with van der Waals surface area (Å²) in [5.74, 6) is 0.987. The lowest BCUT2D eigenvalue weighted by atomic mass is 10.2. The van der Waals surface area contributed by atoms with Crippen molar-refractivity contribution in [2.45, 2.75) is 45.8 Å². The summed E-state index contributed by atoms with van der Waals surface area (Å²) >= 11 is 0. The second-order valence-electron chi connectivity index (χ2n) is 4.02. The van der Waals surface area contributed by atoms with Gasteiger partial charge in [-0.05, 0) is 27.2 Å². The molecular weight excluding hydrogens is 188 g/mol. The van der Waals surface area contributed by atoms with E-state index in [2.05, 4.69) is 42.7 Å². The van der Waals surface area contributed by atoms with Crippen molar-refractivity contribution in [1.29, 1.82) is 0 Å². The molecule has 0 amide bonds. The summed E-state index contributed by atoms with van der Waals surface area (Å²) in [4.78, 5) is 4.23. The number of hydrogen-bond acceptors (Lipinski definition) is 3. The van der Waals surface area contributed by atoms with Crippen LogP contribution in [0.5, 0.6) is 0 Å². The van der Waals surface area contributed by atoms with Crippen LogP contribution in [0.3, 0.4) is 0 Å². The fraction of sp³-hybridized carbons (Fsp3) is 0.636. The molecule has 0 fully saturated rings. The minimum atomic E-state index is 0.360. The topological polar surface area (TPSA) is 42.7 Å². The molecule has 0 aliphatic rings. The van der Waals surface area contributed by atoms with E-state index in [-0.39, 0.29) is 0 Å². The average Bonchev–Trinajstić information content (AvgIpc) is 2.63. The van der Waals surface area contributed by atoms with Gasteiger partial charge >= 0.3 is 0 Å². The van der Waals surface area contributed by atoms with Crippen LogP contribution in [0.15, 0.2) is 19.0 Å². The van der Waals surface area contributed by atoms with E-state index in [9.17, 15) is 0 Å². The molecule has 0 aliphatic carbocycles. The molecule has 0 bridgehead atoms. The fourth-order valence-corrected chi connectivity index (χ4v) is 1.43. The van der Waals surface area contributed by atoms with Gasteiger partial charge in [0, 0.05) is 12.1 Å². The Hall–Kier alpha value is -1.16. The van der Waals surface area contributed by atoms with Gasteiger partial charge < -0.3 is 5.32 Å². The van der Waals surface area contributed by atoms with Crippen molar-refractivity contribution in [3.63, 3.8) is 0 Å². The van der Waals surface area contributed by atoms with Gasteiger partial charge in [-0.15, -0.1) is 6.58 Å². The minimum Gasteiger partial charge on any atom is -0.307 e. The Kier molecular flexibility index (Phi) is 4.49. The summed E-state index contributed by atoms with van der Waals surface area (Å²) in [6.45, 7) is 10.8. The average molecular weight is 208 g/mol. The Morgan fingerprint density at radius 1 is 1.53 bits per heavy atom. The van der Waals surface area contributed by atoms with Gasteiger partial charge in [0.05, 0.1) is 6.54 Å². The molecule has 4 nitrogen and oxygen atoms in total. The highest BCUT2D eigenvalue weighted by molar-refractivity contribution is 4.87. The van der Waals surface area contributed by atoms with Gasteiger partial charge in [0.25, 0.3) is 0 Å². The highest BCUT2D eigenvalue weighted by Crippen LogP contribution is 2.05. The van der Waals surface area contributed by atoms with E-state index in [1.54, 1.807) is 6.33 Å². The molecule has 84 valence electrons. The van der Waals surface area contributed by atoms with Crippen LogP contribution in [0.4, 0.5) is 0 Å². The number of nitrogens with zero attached hydrogens (tertiary/aromatic N) is 3. The van der Waals surface area contributed by atoms with Crippen molar-refractivity contribution in [3.05, 3.63) is 24.8 Å². The molecular formula is C11H20N4. The Balaban J connectivity index is 2.49. The van der Waals surface area contributed by atoms with Crippen LogP contribution in [0.1, 0.15) is 39.1 Å². The Bertz CT molecular complexity index is 303. The second-order valence-corrected chi connectivity index (χ2v) is 4.02. The molecule has 1 aromatic heterocycles. The van der Waals surface area contributed by atoms with Gasteiger partial charge in [0.1, 0.15) is 12.2 Å². The van der Waals surface area contributed by atoms with Crippen molar-refractivity contribution < 1.29 is 0 Å². The third kappa shape index (κ3) is 3.47. The van der Waals surface area contributed by atoms with E-state index >= 15 is 0 Å². The zero-order chi connectivity index (χ0) is 11.3. The number of rotatable bonds is 6. The Morgan fingerprint density at radius 3 is 2.87 bits per heavy atom. The molecule has 0 saturated heterocycles. The van der Waals surface area contributed by atoms with Crippen molar-refractivity contribution >= 4 is 0 Å². The van der Waals surface area contributed by atoms with Crippen LogP contribution in [0, 0.1) is 0 Å². The molecule has 1 aromatic rings. The van der Waals surface area contributed by atoms with Crippen LogP contribution in [-0.4, -0.2) is 20.8 Å². The molecule has 15 heavy (non-hydrogen) atoms. The van der Waals surface area contributed by atoms with Crippen LogP contribution in [0.2, 0.25) is 0 Å². The largest absolute Gasteiger partial charge is 0.307 e. The van der Waals surface area contributed by atoms with Gasteiger partial charge in [-0.3, -0.25) is 0 Å². The van der Waals surface area contributed by atoms with Gasteiger partial charge in [-0.1, -0.05) is 6.08 Å². The first-order valence-electron chi connectivity index (χ1n) is 5.37. The molecule has 0 aliphatic heterocycles. The van der Waals surface area contributed by atoms with Crippen LogP contribution in [-0.2, 0) is 6.54 Å². The zero-order valence-corrected chi connectivity index (χ0v) is 9.77. The first-order chi connectivity index (χ1) is 7.15. The van der Waals surface area contributed by atoms with E-state index in [1.165, 1.54) is 0 Å². The van der Waals surface area contributed by atoms with E-state index in [0.717, 1.165) is 18.8 Å². The lowest BCUT2D eigenvalue weighted by Gasteiger charge is -2.13. The molecule has 0 spiro atoms. The van der Waals surface area contributed by atoms with Crippen molar-refractivity contribution in [3.8, 4) is 0 Å². The van der Waals surface area contributed by atoms with Crippen LogP contribution in [0.25, 0.3) is 0 Å². The normalized spacial score (nSPS) is 13.1. The summed E-state index contributed by atoms with van der Waals surface area (Å²) in [6, 6.07) is 0.791. The molecule has 1 unspecified atom stereocenters. The molecule has 1 N–H and O–H groups in total. The summed E-state index contributed by atoms with van der Waals surface area (Å²) in [5, 5.41) is 7.57. The lowest BCUT2D eigenvalue weighted by Crippen LogP contribution is -2.27. The predicted octanol–water partition coefficient (Wildman–Crippen LogP) is 1.91. The van der Waals surface area contributed by atoms with Crippen molar-refractivity contribution in [2.75, 3.05) is 0 Å². The van der Waals surface area contributed by atoms with Crippen molar-refractivity contribution in [1.82, 2.24) is 20.1 Å². The van der Waals surface area contributed by atoms with Crippen LogP contribution < -0.4 is 5.32 Å². The molecule has 4 heteroatoms. The van der Waals surface area contributed by atoms with Crippen molar-refractivity contribution in [2.24, 2.45) is 0 Å². The Morgan fingerprint density at radius 2 is 2.27 bits per heavy atom. The first kappa shape index (κ1) is 11.9. The summed E-state index contributed by atoms with van der Waals surface area (Å²) in [7, 11) is 0. The van der Waals surface area contributed by atoms with E-state index in [4.69, 9.17) is 0 Å². The maximum absolute atomic E-state index is 4.23. The molecule has 0 saturated carbocycles. The smallest absolute Gasteiger partial charge is 0.141 e. The maximum Gasteiger partial charge on any atom is 0.141 e.